The highest BCUT2D eigenvalue weighted by molar-refractivity contribution is 7.13. The van der Waals surface area contributed by atoms with Crippen LogP contribution in [-0.2, 0) is 4.79 Å². The monoisotopic (exact) mass is 336 g/mol. The maximum atomic E-state index is 12.5. The van der Waals surface area contributed by atoms with E-state index in [0.29, 0.717) is 6.04 Å². The number of hydrogen-bond acceptors (Lipinski definition) is 5. The van der Waals surface area contributed by atoms with Gasteiger partial charge in [-0.15, -0.1) is 11.3 Å². The molecule has 1 aromatic heterocycles. The summed E-state index contributed by atoms with van der Waals surface area (Å²) in [5.41, 5.74) is 0. The molecule has 1 saturated carbocycles. The molecule has 23 heavy (non-hydrogen) atoms. The molecule has 0 aromatic carbocycles. The van der Waals surface area contributed by atoms with E-state index in [-0.39, 0.29) is 11.9 Å². The summed E-state index contributed by atoms with van der Waals surface area (Å²) in [6, 6.07) is 0.352. The molecule has 2 fully saturated rings. The number of anilines is 1. The molecule has 1 aromatic rings. The predicted octanol–water partition coefficient (Wildman–Crippen LogP) is 2.35. The van der Waals surface area contributed by atoms with Gasteiger partial charge in [-0.25, -0.2) is 4.98 Å². The van der Waals surface area contributed by atoms with Crippen LogP contribution in [0.4, 0.5) is 5.13 Å². The average Bonchev–Trinajstić information content (AvgIpc) is 3.11. The number of piperazine rings is 1. The molecule has 1 amide bonds. The van der Waals surface area contributed by atoms with E-state index in [1.54, 1.807) is 11.3 Å². The molecule has 128 valence electrons. The first kappa shape index (κ1) is 16.7. The molecule has 5 nitrogen and oxygen atoms in total. The van der Waals surface area contributed by atoms with Crippen LogP contribution in [0.3, 0.4) is 0 Å². The fourth-order valence-electron chi connectivity index (χ4n) is 3.56. The molecular weight excluding hydrogens is 308 g/mol. The van der Waals surface area contributed by atoms with Crippen molar-refractivity contribution in [2.24, 2.45) is 5.92 Å². The first-order chi connectivity index (χ1) is 11.1. The van der Waals surface area contributed by atoms with Gasteiger partial charge in [0.2, 0.25) is 5.91 Å². The van der Waals surface area contributed by atoms with Gasteiger partial charge in [-0.3, -0.25) is 9.69 Å². The highest BCUT2D eigenvalue weighted by atomic mass is 32.1. The molecule has 1 saturated heterocycles. The lowest BCUT2D eigenvalue weighted by molar-refractivity contribution is -0.127. The number of nitrogens with zero attached hydrogens (tertiary/aromatic N) is 3. The minimum Gasteiger partial charge on any atom is -0.352 e. The van der Waals surface area contributed by atoms with Gasteiger partial charge in [0.15, 0.2) is 5.13 Å². The van der Waals surface area contributed by atoms with Crippen molar-refractivity contribution in [3.63, 3.8) is 0 Å². The Morgan fingerprint density at radius 3 is 2.57 bits per heavy atom. The van der Waals surface area contributed by atoms with E-state index in [4.69, 9.17) is 0 Å². The van der Waals surface area contributed by atoms with Crippen molar-refractivity contribution in [2.45, 2.75) is 51.6 Å². The van der Waals surface area contributed by atoms with E-state index < -0.39 is 0 Å². The van der Waals surface area contributed by atoms with Crippen LogP contribution < -0.4 is 10.2 Å². The Balaban J connectivity index is 1.45. The normalized spacial score (nSPS) is 27.7. The summed E-state index contributed by atoms with van der Waals surface area (Å²) in [4.78, 5) is 21.5. The largest absolute Gasteiger partial charge is 0.352 e. The van der Waals surface area contributed by atoms with Crippen LogP contribution in [-0.4, -0.2) is 54.1 Å². The van der Waals surface area contributed by atoms with Crippen molar-refractivity contribution in [1.82, 2.24) is 15.2 Å². The third-order valence-corrected chi connectivity index (χ3v) is 6.13. The van der Waals surface area contributed by atoms with Crippen molar-refractivity contribution in [3.05, 3.63) is 11.6 Å². The van der Waals surface area contributed by atoms with E-state index in [1.807, 2.05) is 18.5 Å². The molecule has 0 bridgehead atoms. The van der Waals surface area contributed by atoms with Crippen LogP contribution in [0.2, 0.25) is 0 Å². The van der Waals surface area contributed by atoms with Crippen LogP contribution in [0.5, 0.6) is 0 Å². The Morgan fingerprint density at radius 2 is 1.96 bits per heavy atom. The summed E-state index contributed by atoms with van der Waals surface area (Å²) in [5, 5.41) is 6.38. The second-order valence-corrected chi connectivity index (χ2v) is 7.85. The van der Waals surface area contributed by atoms with E-state index in [1.165, 1.54) is 12.8 Å². The van der Waals surface area contributed by atoms with Gasteiger partial charge < -0.3 is 10.2 Å². The molecular formula is C17H28N4OS. The quantitative estimate of drug-likeness (QED) is 0.917. The second kappa shape index (κ2) is 7.62. The Hall–Kier alpha value is -1.14. The summed E-state index contributed by atoms with van der Waals surface area (Å²) in [7, 11) is 0. The second-order valence-electron chi connectivity index (χ2n) is 6.98. The number of rotatable bonds is 4. The number of nitrogens with one attached hydrogen (secondary N) is 1. The fraction of sp³-hybridized carbons (Fsp3) is 0.765. The summed E-state index contributed by atoms with van der Waals surface area (Å²) in [5.74, 6) is 1.02. The number of carbonyl (C=O) groups excluding carboxylic acids is 1. The molecule has 0 radical (unpaired) electrons. The highest BCUT2D eigenvalue weighted by Gasteiger charge is 2.28. The zero-order valence-electron chi connectivity index (χ0n) is 14.2. The van der Waals surface area contributed by atoms with E-state index in [9.17, 15) is 4.79 Å². The van der Waals surface area contributed by atoms with Crippen LogP contribution in [0.25, 0.3) is 0 Å². The SMILES string of the molecule is CC1CCC(NC(=O)C(C)N2CCN(c3nccs3)CC2)CC1. The van der Waals surface area contributed by atoms with Gasteiger partial charge in [0.05, 0.1) is 6.04 Å². The Kier molecular flexibility index (Phi) is 5.54. The van der Waals surface area contributed by atoms with Gasteiger partial charge in [-0.2, -0.15) is 0 Å². The van der Waals surface area contributed by atoms with Gasteiger partial charge in [0.1, 0.15) is 0 Å². The van der Waals surface area contributed by atoms with Gasteiger partial charge >= 0.3 is 0 Å². The van der Waals surface area contributed by atoms with Crippen molar-refractivity contribution < 1.29 is 4.79 Å². The fourth-order valence-corrected chi connectivity index (χ4v) is 4.26. The lowest BCUT2D eigenvalue weighted by Gasteiger charge is -2.38. The van der Waals surface area contributed by atoms with Gasteiger partial charge in [-0.05, 0) is 38.5 Å². The smallest absolute Gasteiger partial charge is 0.237 e. The van der Waals surface area contributed by atoms with Crippen LogP contribution >= 0.6 is 11.3 Å². The molecule has 0 spiro atoms. The minimum absolute atomic E-state index is 0.0344. The standard InChI is InChI=1S/C17H28N4OS/c1-13-3-5-15(6-4-13)19-16(22)14(2)20-8-10-21(11-9-20)17-18-7-12-23-17/h7,12-15H,3-6,8-11H2,1-2H3,(H,19,22). The van der Waals surface area contributed by atoms with Crippen molar-refractivity contribution >= 4 is 22.4 Å². The lowest BCUT2D eigenvalue weighted by atomic mass is 9.87. The Bertz CT molecular complexity index is 491. The van der Waals surface area contributed by atoms with Gasteiger partial charge in [0.25, 0.3) is 0 Å². The number of hydrogen-bond donors (Lipinski definition) is 1. The van der Waals surface area contributed by atoms with E-state index >= 15 is 0 Å². The highest BCUT2D eigenvalue weighted by Crippen LogP contribution is 2.24. The zero-order valence-corrected chi connectivity index (χ0v) is 15.0. The van der Waals surface area contributed by atoms with Crippen LogP contribution in [0, 0.1) is 5.92 Å². The third-order valence-electron chi connectivity index (χ3n) is 5.29. The summed E-state index contributed by atoms with van der Waals surface area (Å²) in [6.45, 7) is 8.10. The summed E-state index contributed by atoms with van der Waals surface area (Å²) < 4.78 is 0. The van der Waals surface area contributed by atoms with Crippen LogP contribution in [0.1, 0.15) is 39.5 Å². The first-order valence-corrected chi connectivity index (χ1v) is 9.70. The molecule has 1 unspecified atom stereocenters. The third kappa shape index (κ3) is 4.23. The van der Waals surface area contributed by atoms with E-state index in [0.717, 1.165) is 50.1 Å². The summed E-state index contributed by atoms with van der Waals surface area (Å²) in [6.07, 6.45) is 6.61. The average molecular weight is 337 g/mol. The lowest BCUT2D eigenvalue weighted by Crippen LogP contribution is -2.55. The maximum Gasteiger partial charge on any atom is 0.237 e. The van der Waals surface area contributed by atoms with Gasteiger partial charge in [-0.1, -0.05) is 6.92 Å². The molecule has 3 rings (SSSR count). The molecule has 1 aliphatic heterocycles. The topological polar surface area (TPSA) is 48.5 Å². The Morgan fingerprint density at radius 1 is 1.26 bits per heavy atom. The molecule has 2 aliphatic rings. The van der Waals surface area contributed by atoms with Crippen LogP contribution in [0.15, 0.2) is 11.6 Å². The Labute approximate surface area is 143 Å². The number of carbonyl (C=O) groups is 1. The molecule has 6 heteroatoms. The summed E-state index contributed by atoms with van der Waals surface area (Å²) >= 11 is 1.69. The first-order valence-electron chi connectivity index (χ1n) is 8.82. The van der Waals surface area contributed by atoms with E-state index in [2.05, 4.69) is 27.0 Å². The predicted molar refractivity (Wildman–Crippen MR) is 94.9 cm³/mol. The van der Waals surface area contributed by atoms with Gasteiger partial charge in [0, 0.05) is 43.8 Å². The molecule has 2 heterocycles. The molecule has 1 atom stereocenters. The molecule has 1 N–H and O–H groups in total. The number of thiazole rings is 1. The number of amides is 1. The minimum atomic E-state index is -0.0344. The van der Waals surface area contributed by atoms with Crippen molar-refractivity contribution in [3.8, 4) is 0 Å². The maximum absolute atomic E-state index is 12.5. The van der Waals surface area contributed by atoms with Crippen molar-refractivity contribution in [2.75, 3.05) is 31.1 Å². The molecule has 1 aliphatic carbocycles. The van der Waals surface area contributed by atoms with Crippen molar-refractivity contribution in [1.29, 1.82) is 0 Å². The number of aromatic nitrogens is 1. The zero-order chi connectivity index (χ0) is 16.2.